The van der Waals surface area contributed by atoms with Gasteiger partial charge in [0.2, 0.25) is 0 Å². The van der Waals surface area contributed by atoms with Gasteiger partial charge in [0.1, 0.15) is 0 Å². The first-order valence-corrected chi connectivity index (χ1v) is 9.42. The normalized spacial score (nSPS) is 22.1. The maximum absolute atomic E-state index is 5.83. The molecule has 2 aliphatic carbocycles. The summed E-state index contributed by atoms with van der Waals surface area (Å²) < 4.78 is 6.99. The van der Waals surface area contributed by atoms with E-state index >= 15 is 0 Å². The molecule has 0 radical (unpaired) electrons. The molecule has 0 bridgehead atoms. The maximum Gasteiger partial charge on any atom is 0.0963 e. The Morgan fingerprint density at radius 3 is 2.75 bits per heavy atom. The number of ether oxygens (including phenoxy) is 1. The molecular formula is C22H21BrO. The summed E-state index contributed by atoms with van der Waals surface area (Å²) in [6.07, 6.45) is 7.69. The van der Waals surface area contributed by atoms with E-state index in [1.165, 1.54) is 22.3 Å². The van der Waals surface area contributed by atoms with Gasteiger partial charge in [0.05, 0.1) is 12.4 Å². The summed E-state index contributed by atoms with van der Waals surface area (Å²) in [7, 11) is 0. The lowest BCUT2D eigenvalue weighted by Crippen LogP contribution is -2.35. The number of allylic oxidation sites excluding steroid dienone is 4. The lowest BCUT2D eigenvalue weighted by atomic mass is 9.60. The fraction of sp³-hybridized carbons (Fsp3) is 0.273. The zero-order chi connectivity index (χ0) is 16.6. The molecule has 24 heavy (non-hydrogen) atoms. The Labute approximate surface area is 152 Å². The van der Waals surface area contributed by atoms with E-state index in [-0.39, 0.29) is 5.41 Å². The Morgan fingerprint density at radius 1 is 1.12 bits per heavy atom. The SMILES string of the molecule is CCOC1=CC2=CCc3cc(Br)ccc3[C@]2(c2ccccc2)CC1. The Morgan fingerprint density at radius 2 is 1.96 bits per heavy atom. The van der Waals surface area contributed by atoms with Crippen LogP contribution >= 0.6 is 15.9 Å². The van der Waals surface area contributed by atoms with Gasteiger partial charge >= 0.3 is 0 Å². The van der Waals surface area contributed by atoms with E-state index in [1.54, 1.807) is 0 Å². The highest BCUT2D eigenvalue weighted by Crippen LogP contribution is 2.51. The Bertz CT molecular complexity index is 819. The van der Waals surface area contributed by atoms with E-state index < -0.39 is 0 Å². The number of halogens is 1. The average Bonchev–Trinajstić information content (AvgIpc) is 2.62. The molecule has 0 amide bonds. The third-order valence-electron chi connectivity index (χ3n) is 5.22. The van der Waals surface area contributed by atoms with Crippen molar-refractivity contribution in [1.29, 1.82) is 0 Å². The lowest BCUT2D eigenvalue weighted by Gasteiger charge is -2.43. The Balaban J connectivity index is 1.93. The predicted octanol–water partition coefficient (Wildman–Crippen LogP) is 5.93. The molecule has 2 aromatic carbocycles. The third kappa shape index (κ3) is 2.44. The first-order valence-electron chi connectivity index (χ1n) is 8.62. The number of rotatable bonds is 3. The van der Waals surface area contributed by atoms with E-state index in [9.17, 15) is 0 Å². The summed E-state index contributed by atoms with van der Waals surface area (Å²) in [5, 5.41) is 0. The number of hydrogen-bond acceptors (Lipinski definition) is 1. The molecule has 0 spiro atoms. The molecule has 2 aliphatic rings. The highest BCUT2D eigenvalue weighted by Gasteiger charge is 2.42. The van der Waals surface area contributed by atoms with Crippen LogP contribution in [0.4, 0.5) is 0 Å². The van der Waals surface area contributed by atoms with Crippen LogP contribution in [-0.4, -0.2) is 6.61 Å². The molecule has 0 saturated carbocycles. The van der Waals surface area contributed by atoms with Gasteiger partial charge in [-0.15, -0.1) is 0 Å². The second kappa shape index (κ2) is 6.25. The van der Waals surface area contributed by atoms with Gasteiger partial charge in [0.15, 0.2) is 0 Å². The number of benzene rings is 2. The quantitative estimate of drug-likeness (QED) is 0.640. The van der Waals surface area contributed by atoms with E-state index in [2.05, 4.69) is 83.5 Å². The van der Waals surface area contributed by atoms with Gasteiger partial charge in [-0.1, -0.05) is 58.4 Å². The molecule has 0 aromatic heterocycles. The van der Waals surface area contributed by atoms with Crippen LogP contribution in [0.15, 0.2) is 76.5 Å². The molecule has 0 saturated heterocycles. The molecule has 1 nitrogen and oxygen atoms in total. The van der Waals surface area contributed by atoms with E-state index in [0.29, 0.717) is 0 Å². The highest BCUT2D eigenvalue weighted by atomic mass is 79.9. The smallest absolute Gasteiger partial charge is 0.0963 e. The van der Waals surface area contributed by atoms with Crippen molar-refractivity contribution in [2.75, 3.05) is 6.61 Å². The van der Waals surface area contributed by atoms with E-state index in [0.717, 1.165) is 36.1 Å². The minimum atomic E-state index is -0.0455. The van der Waals surface area contributed by atoms with Crippen LogP contribution in [0.3, 0.4) is 0 Å². The van der Waals surface area contributed by atoms with Gasteiger partial charge in [-0.05, 0) is 60.2 Å². The molecule has 0 fully saturated rings. The summed E-state index contributed by atoms with van der Waals surface area (Å²) >= 11 is 3.63. The van der Waals surface area contributed by atoms with Crippen LogP contribution in [-0.2, 0) is 16.6 Å². The molecular weight excluding hydrogens is 360 g/mol. The molecule has 4 rings (SSSR count). The summed E-state index contributed by atoms with van der Waals surface area (Å²) in [6.45, 7) is 2.79. The number of fused-ring (bicyclic) bond motifs is 3. The second-order valence-electron chi connectivity index (χ2n) is 6.48. The second-order valence-corrected chi connectivity index (χ2v) is 7.40. The van der Waals surface area contributed by atoms with Crippen molar-refractivity contribution >= 4 is 15.9 Å². The summed E-state index contributed by atoms with van der Waals surface area (Å²) in [5.41, 5.74) is 5.59. The number of hydrogen-bond donors (Lipinski definition) is 0. The van der Waals surface area contributed by atoms with Crippen LogP contribution in [0.5, 0.6) is 0 Å². The molecule has 0 N–H and O–H groups in total. The van der Waals surface area contributed by atoms with E-state index in [1.807, 2.05) is 0 Å². The highest BCUT2D eigenvalue weighted by molar-refractivity contribution is 9.10. The third-order valence-corrected chi connectivity index (χ3v) is 5.71. The van der Waals surface area contributed by atoms with E-state index in [4.69, 9.17) is 4.74 Å². The molecule has 0 heterocycles. The minimum absolute atomic E-state index is 0.0455. The standard InChI is InChI=1S/C22H21BrO/c1-2-24-20-12-13-22(17-6-4-3-5-7-17)18(15-20)9-8-16-14-19(23)10-11-21(16)22/h3-7,9-11,14-15H,2,8,12-13H2,1H3/t22-/m0/s1. The van der Waals surface area contributed by atoms with Gasteiger partial charge in [0, 0.05) is 16.3 Å². The average molecular weight is 381 g/mol. The topological polar surface area (TPSA) is 9.23 Å². The summed E-state index contributed by atoms with van der Waals surface area (Å²) in [5.74, 6) is 1.12. The van der Waals surface area contributed by atoms with Gasteiger partial charge in [0.25, 0.3) is 0 Å². The van der Waals surface area contributed by atoms with Crippen molar-refractivity contribution < 1.29 is 4.74 Å². The molecule has 2 aromatic rings. The monoisotopic (exact) mass is 380 g/mol. The van der Waals surface area contributed by atoms with Crippen LogP contribution in [0.2, 0.25) is 0 Å². The maximum atomic E-state index is 5.83. The Kier molecular flexibility index (Phi) is 4.09. The molecule has 2 heteroatoms. The van der Waals surface area contributed by atoms with Crippen LogP contribution in [0, 0.1) is 0 Å². The fourth-order valence-electron chi connectivity index (χ4n) is 4.20. The lowest BCUT2D eigenvalue weighted by molar-refractivity contribution is 0.208. The minimum Gasteiger partial charge on any atom is -0.498 e. The first-order chi connectivity index (χ1) is 11.7. The summed E-state index contributed by atoms with van der Waals surface area (Å²) in [4.78, 5) is 0. The largest absolute Gasteiger partial charge is 0.498 e. The fourth-order valence-corrected chi connectivity index (χ4v) is 4.61. The van der Waals surface area contributed by atoms with Crippen molar-refractivity contribution in [3.8, 4) is 0 Å². The van der Waals surface area contributed by atoms with Crippen LogP contribution in [0.1, 0.15) is 36.5 Å². The van der Waals surface area contributed by atoms with Crippen molar-refractivity contribution in [3.63, 3.8) is 0 Å². The van der Waals surface area contributed by atoms with Gasteiger partial charge in [-0.25, -0.2) is 0 Å². The van der Waals surface area contributed by atoms with Gasteiger partial charge in [-0.2, -0.15) is 0 Å². The van der Waals surface area contributed by atoms with Gasteiger partial charge < -0.3 is 4.74 Å². The Hall–Kier alpha value is -1.80. The van der Waals surface area contributed by atoms with Crippen molar-refractivity contribution in [2.45, 2.75) is 31.6 Å². The van der Waals surface area contributed by atoms with Crippen LogP contribution in [0.25, 0.3) is 0 Å². The summed E-state index contributed by atoms with van der Waals surface area (Å²) in [6, 6.07) is 17.7. The molecule has 0 aliphatic heterocycles. The zero-order valence-corrected chi connectivity index (χ0v) is 15.5. The molecule has 1 atom stereocenters. The van der Waals surface area contributed by atoms with Crippen molar-refractivity contribution in [2.24, 2.45) is 0 Å². The van der Waals surface area contributed by atoms with Crippen molar-refractivity contribution in [3.05, 3.63) is 93.2 Å². The molecule has 0 unspecified atom stereocenters. The zero-order valence-electron chi connectivity index (χ0n) is 13.9. The van der Waals surface area contributed by atoms with Crippen molar-refractivity contribution in [1.82, 2.24) is 0 Å². The predicted molar refractivity (Wildman–Crippen MR) is 102 cm³/mol. The molecule has 122 valence electrons. The first kappa shape index (κ1) is 15.7. The van der Waals surface area contributed by atoms with Gasteiger partial charge in [-0.3, -0.25) is 0 Å². The van der Waals surface area contributed by atoms with Crippen LogP contribution < -0.4 is 0 Å².